The van der Waals surface area contributed by atoms with Gasteiger partial charge in [0.1, 0.15) is 6.61 Å². The molecule has 3 heteroatoms. The van der Waals surface area contributed by atoms with Gasteiger partial charge in [0.15, 0.2) is 0 Å². The Morgan fingerprint density at radius 3 is 2.79 bits per heavy atom. The van der Waals surface area contributed by atoms with Crippen LogP contribution >= 0.6 is 11.3 Å². The first-order valence-electron chi connectivity index (χ1n) is 7.05. The maximum Gasteiger partial charge on any atom is 0.104 e. The molecule has 0 unspecified atom stereocenters. The van der Waals surface area contributed by atoms with Crippen LogP contribution in [-0.4, -0.2) is 29.7 Å². The fourth-order valence-corrected chi connectivity index (χ4v) is 3.35. The van der Waals surface area contributed by atoms with Crippen molar-refractivity contribution in [2.75, 3.05) is 19.7 Å². The fourth-order valence-electron chi connectivity index (χ4n) is 2.50. The van der Waals surface area contributed by atoms with Gasteiger partial charge in [-0.3, -0.25) is 4.90 Å². The Bertz CT molecular complexity index is 461. The molecule has 2 nitrogen and oxygen atoms in total. The van der Waals surface area contributed by atoms with Crippen LogP contribution in [-0.2, 0) is 6.54 Å². The summed E-state index contributed by atoms with van der Waals surface area (Å²) >= 11 is 1.77. The average molecular weight is 277 g/mol. The summed E-state index contributed by atoms with van der Waals surface area (Å²) in [5.41, 5.74) is 1.59. The van der Waals surface area contributed by atoms with Crippen molar-refractivity contribution in [2.24, 2.45) is 5.41 Å². The first-order valence-corrected chi connectivity index (χ1v) is 7.93. The van der Waals surface area contributed by atoms with E-state index in [9.17, 15) is 0 Å². The molecule has 0 radical (unpaired) electrons. The first-order chi connectivity index (χ1) is 9.15. The monoisotopic (exact) mass is 277 g/mol. The van der Waals surface area contributed by atoms with Crippen LogP contribution in [0.25, 0.3) is 0 Å². The molecule has 1 fully saturated rings. The van der Waals surface area contributed by atoms with Gasteiger partial charge in [-0.15, -0.1) is 11.3 Å². The van der Waals surface area contributed by atoms with E-state index in [1.807, 2.05) is 0 Å². The maximum absolute atomic E-state index is 8.69. The van der Waals surface area contributed by atoms with Gasteiger partial charge in [-0.05, 0) is 37.4 Å². The Balaban J connectivity index is 1.87. The first kappa shape index (κ1) is 14.6. The van der Waals surface area contributed by atoms with E-state index in [0.717, 1.165) is 12.1 Å². The van der Waals surface area contributed by atoms with Crippen LogP contribution in [0.5, 0.6) is 0 Å². The van der Waals surface area contributed by atoms with E-state index < -0.39 is 0 Å². The Kier molecular flexibility index (Phi) is 5.04. The molecule has 0 bridgehead atoms. The van der Waals surface area contributed by atoms with Crippen LogP contribution in [0, 0.1) is 17.3 Å². The number of hydrogen-bond acceptors (Lipinski definition) is 3. The smallest absolute Gasteiger partial charge is 0.104 e. The molecule has 0 atom stereocenters. The van der Waals surface area contributed by atoms with Gasteiger partial charge in [0.05, 0.1) is 0 Å². The zero-order valence-electron chi connectivity index (χ0n) is 11.9. The summed E-state index contributed by atoms with van der Waals surface area (Å²) in [6.45, 7) is 8.12. The van der Waals surface area contributed by atoms with Crippen LogP contribution in [0.2, 0.25) is 0 Å². The van der Waals surface area contributed by atoms with Crippen LogP contribution in [0.4, 0.5) is 0 Å². The Hall–Kier alpha value is -0.820. The van der Waals surface area contributed by atoms with Crippen LogP contribution in [0.3, 0.4) is 0 Å². The second-order valence-corrected chi connectivity index (χ2v) is 6.70. The third-order valence-corrected chi connectivity index (χ3v) is 5.18. The average Bonchev–Trinajstić information content (AvgIpc) is 2.87. The number of nitrogens with zero attached hydrogens (tertiary/aromatic N) is 1. The van der Waals surface area contributed by atoms with Crippen molar-refractivity contribution in [2.45, 2.75) is 39.7 Å². The van der Waals surface area contributed by atoms with Crippen molar-refractivity contribution in [1.29, 1.82) is 0 Å². The zero-order valence-corrected chi connectivity index (χ0v) is 12.7. The highest BCUT2D eigenvalue weighted by atomic mass is 32.1. The van der Waals surface area contributed by atoms with Crippen LogP contribution in [0.15, 0.2) is 11.4 Å². The number of hydrogen-bond donors (Lipinski definition) is 1. The van der Waals surface area contributed by atoms with Crippen molar-refractivity contribution < 1.29 is 5.11 Å². The minimum atomic E-state index is -0.0626. The second-order valence-electron chi connectivity index (χ2n) is 5.70. The van der Waals surface area contributed by atoms with Gasteiger partial charge in [0, 0.05) is 22.4 Å². The van der Waals surface area contributed by atoms with Gasteiger partial charge in [-0.1, -0.05) is 32.1 Å². The number of aliphatic hydroxyl groups is 1. The van der Waals surface area contributed by atoms with Gasteiger partial charge >= 0.3 is 0 Å². The lowest BCUT2D eigenvalue weighted by Gasteiger charge is -2.38. The largest absolute Gasteiger partial charge is 0.384 e. The Morgan fingerprint density at radius 2 is 2.16 bits per heavy atom. The topological polar surface area (TPSA) is 23.5 Å². The lowest BCUT2D eigenvalue weighted by molar-refractivity contribution is 0.110. The third-order valence-electron chi connectivity index (χ3n) is 4.26. The predicted molar refractivity (Wildman–Crippen MR) is 81.2 cm³/mol. The Labute approximate surface area is 120 Å². The molecule has 1 aromatic rings. The Morgan fingerprint density at radius 1 is 1.42 bits per heavy atom. The SMILES string of the molecule is CCC1(C)CCN(Cc2cc(C#CCO)cs2)CC1. The fraction of sp³-hybridized carbons (Fsp3) is 0.625. The molecule has 0 saturated carbocycles. The van der Waals surface area contributed by atoms with Crippen LogP contribution < -0.4 is 0 Å². The van der Waals surface area contributed by atoms with E-state index >= 15 is 0 Å². The van der Waals surface area contributed by atoms with Crippen molar-refractivity contribution in [1.82, 2.24) is 4.90 Å². The van der Waals surface area contributed by atoms with Crippen molar-refractivity contribution >= 4 is 11.3 Å². The second kappa shape index (κ2) is 6.56. The van der Waals surface area contributed by atoms with E-state index in [1.54, 1.807) is 11.3 Å². The highest BCUT2D eigenvalue weighted by molar-refractivity contribution is 7.10. The molecule has 1 aliphatic heterocycles. The van der Waals surface area contributed by atoms with Crippen molar-refractivity contribution in [3.63, 3.8) is 0 Å². The molecule has 2 heterocycles. The third kappa shape index (κ3) is 4.07. The lowest BCUT2D eigenvalue weighted by atomic mass is 9.78. The number of aliphatic hydroxyl groups excluding tert-OH is 1. The zero-order chi connectivity index (χ0) is 13.7. The van der Waals surface area contributed by atoms with E-state index in [4.69, 9.17) is 5.11 Å². The normalized spacial score (nSPS) is 18.9. The molecule has 0 aromatic carbocycles. The highest BCUT2D eigenvalue weighted by Gasteiger charge is 2.28. The van der Waals surface area contributed by atoms with Gasteiger partial charge in [0.25, 0.3) is 0 Å². The molecular formula is C16H23NOS. The number of rotatable bonds is 3. The molecule has 2 rings (SSSR count). The van der Waals surface area contributed by atoms with Crippen molar-refractivity contribution in [3.05, 3.63) is 21.9 Å². The van der Waals surface area contributed by atoms with Crippen LogP contribution in [0.1, 0.15) is 43.6 Å². The molecule has 1 saturated heterocycles. The standard InChI is InChI=1S/C16H23NOS/c1-3-16(2)6-8-17(9-7-16)12-15-11-14(13-19-15)5-4-10-18/h11,13,18H,3,6-10,12H2,1-2H3. The number of thiophene rings is 1. The molecule has 0 spiro atoms. The van der Waals surface area contributed by atoms with Gasteiger partial charge in [0.2, 0.25) is 0 Å². The molecule has 0 amide bonds. The van der Waals surface area contributed by atoms with Gasteiger partial charge < -0.3 is 5.11 Å². The molecule has 1 N–H and O–H groups in total. The predicted octanol–water partition coefficient (Wildman–Crippen LogP) is 3.10. The summed E-state index contributed by atoms with van der Waals surface area (Å²) in [7, 11) is 0. The lowest BCUT2D eigenvalue weighted by Crippen LogP contribution is -2.37. The van der Waals surface area contributed by atoms with Crippen molar-refractivity contribution in [3.8, 4) is 11.8 Å². The summed E-state index contributed by atoms with van der Waals surface area (Å²) in [6.07, 6.45) is 3.92. The molecule has 0 aliphatic carbocycles. The quantitative estimate of drug-likeness (QED) is 0.858. The van der Waals surface area contributed by atoms with E-state index in [1.165, 1.54) is 37.2 Å². The maximum atomic E-state index is 8.69. The summed E-state index contributed by atoms with van der Waals surface area (Å²) < 4.78 is 0. The minimum Gasteiger partial charge on any atom is -0.384 e. The number of piperidine rings is 1. The van der Waals surface area contributed by atoms with E-state index in [0.29, 0.717) is 5.41 Å². The van der Waals surface area contributed by atoms with E-state index in [-0.39, 0.29) is 6.61 Å². The number of likely N-dealkylation sites (tertiary alicyclic amines) is 1. The van der Waals surface area contributed by atoms with E-state index in [2.05, 4.69) is 42.0 Å². The molecule has 1 aliphatic rings. The molecule has 104 valence electrons. The van der Waals surface area contributed by atoms with Gasteiger partial charge in [-0.2, -0.15) is 0 Å². The molecular weight excluding hydrogens is 254 g/mol. The van der Waals surface area contributed by atoms with Gasteiger partial charge in [-0.25, -0.2) is 0 Å². The minimum absolute atomic E-state index is 0.0626. The summed E-state index contributed by atoms with van der Waals surface area (Å²) in [4.78, 5) is 3.93. The summed E-state index contributed by atoms with van der Waals surface area (Å²) in [5.74, 6) is 5.66. The summed E-state index contributed by atoms with van der Waals surface area (Å²) in [5, 5.41) is 10.8. The molecule has 19 heavy (non-hydrogen) atoms. The summed E-state index contributed by atoms with van der Waals surface area (Å²) in [6, 6.07) is 2.15. The highest BCUT2D eigenvalue weighted by Crippen LogP contribution is 2.34. The molecule has 1 aromatic heterocycles.